The highest BCUT2D eigenvalue weighted by atomic mass is 32.2. The highest BCUT2D eigenvalue weighted by molar-refractivity contribution is 7.90. The summed E-state index contributed by atoms with van der Waals surface area (Å²) in [6, 6.07) is 7.85. The highest BCUT2D eigenvalue weighted by Crippen LogP contribution is 2.17. The smallest absolute Gasteiger partial charge is 0.191 e. The molecule has 0 aromatic heterocycles. The number of nitrogens with one attached hydrogen (secondary N) is 2. The van der Waals surface area contributed by atoms with Crippen molar-refractivity contribution in [3.8, 4) is 5.75 Å². The lowest BCUT2D eigenvalue weighted by Crippen LogP contribution is -2.40. The van der Waals surface area contributed by atoms with Crippen molar-refractivity contribution in [3.63, 3.8) is 0 Å². The molecule has 2 N–H and O–H groups in total. The summed E-state index contributed by atoms with van der Waals surface area (Å²) in [7, 11) is -2.98. The van der Waals surface area contributed by atoms with Crippen LogP contribution in [0.4, 0.5) is 0 Å². The summed E-state index contributed by atoms with van der Waals surface area (Å²) in [6.07, 6.45) is 1.14. The van der Waals surface area contributed by atoms with E-state index in [0.717, 1.165) is 11.3 Å². The van der Waals surface area contributed by atoms with Gasteiger partial charge >= 0.3 is 0 Å². The Balaban J connectivity index is 2.53. The summed E-state index contributed by atoms with van der Waals surface area (Å²) >= 11 is 0. The van der Waals surface area contributed by atoms with Gasteiger partial charge in [-0.15, -0.1) is 0 Å². The molecular weight excluding hydrogens is 314 g/mol. The summed E-state index contributed by atoms with van der Waals surface area (Å²) < 4.78 is 28.2. The average molecular weight is 341 g/mol. The van der Waals surface area contributed by atoms with Crippen LogP contribution in [0.2, 0.25) is 0 Å². The zero-order valence-corrected chi connectivity index (χ0v) is 15.1. The first-order chi connectivity index (χ1) is 10.8. The Labute approximate surface area is 139 Å². The summed E-state index contributed by atoms with van der Waals surface area (Å²) in [5.41, 5.74) is 1.08. The van der Waals surface area contributed by atoms with Gasteiger partial charge in [-0.1, -0.05) is 18.2 Å². The van der Waals surface area contributed by atoms with Crippen molar-refractivity contribution in [2.75, 3.05) is 31.6 Å². The lowest BCUT2D eigenvalue weighted by atomic mass is 10.2. The molecule has 0 spiro atoms. The number of sulfone groups is 1. The number of rotatable bonds is 8. The van der Waals surface area contributed by atoms with Crippen molar-refractivity contribution in [2.45, 2.75) is 26.9 Å². The first kappa shape index (κ1) is 19.3. The van der Waals surface area contributed by atoms with E-state index in [1.807, 2.05) is 45.0 Å². The largest absolute Gasteiger partial charge is 0.489 e. The first-order valence-corrected chi connectivity index (χ1v) is 9.80. The maximum absolute atomic E-state index is 11.2. The Hall–Kier alpha value is -1.76. The van der Waals surface area contributed by atoms with E-state index in [-0.39, 0.29) is 11.9 Å². The standard InChI is InChI=1S/C16H27N3O3S/c1-5-17-16(18-10-11-23(4,20)21)19-12-14(3)22-15-9-7-6-8-13(15)2/h6-9,14H,5,10-12H2,1-4H3,(H2,17,18,19). The Bertz CT molecular complexity index is 615. The molecule has 0 radical (unpaired) electrons. The molecule has 0 saturated carbocycles. The maximum atomic E-state index is 11.2. The van der Waals surface area contributed by atoms with Crippen molar-refractivity contribution < 1.29 is 13.2 Å². The third kappa shape index (κ3) is 8.44. The van der Waals surface area contributed by atoms with Crippen molar-refractivity contribution >= 4 is 15.8 Å². The Morgan fingerprint density at radius 1 is 1.30 bits per heavy atom. The van der Waals surface area contributed by atoms with E-state index in [4.69, 9.17) is 4.74 Å². The molecule has 0 fully saturated rings. The van der Waals surface area contributed by atoms with Crippen LogP contribution < -0.4 is 15.4 Å². The summed E-state index contributed by atoms with van der Waals surface area (Å²) in [6.45, 7) is 7.43. The number of aliphatic imine (C=N–C) groups is 1. The van der Waals surface area contributed by atoms with Gasteiger partial charge in [0.1, 0.15) is 21.7 Å². The van der Waals surface area contributed by atoms with Crippen LogP contribution in [0.3, 0.4) is 0 Å². The van der Waals surface area contributed by atoms with Crippen molar-refractivity contribution in [1.82, 2.24) is 10.6 Å². The van der Waals surface area contributed by atoms with Gasteiger partial charge in [-0.2, -0.15) is 0 Å². The Morgan fingerprint density at radius 3 is 2.61 bits per heavy atom. The molecule has 6 nitrogen and oxygen atoms in total. The first-order valence-electron chi connectivity index (χ1n) is 7.74. The minimum atomic E-state index is -2.98. The van der Waals surface area contributed by atoms with E-state index in [1.165, 1.54) is 6.26 Å². The molecule has 0 aliphatic carbocycles. The zero-order chi connectivity index (χ0) is 17.3. The normalized spacial score (nSPS) is 13.5. The Morgan fingerprint density at radius 2 is 2.00 bits per heavy atom. The van der Waals surface area contributed by atoms with Gasteiger partial charge in [-0.25, -0.2) is 13.4 Å². The van der Waals surface area contributed by atoms with Crippen LogP contribution in [0, 0.1) is 6.92 Å². The second kappa shape index (κ2) is 9.39. The van der Waals surface area contributed by atoms with Gasteiger partial charge in [0, 0.05) is 19.3 Å². The van der Waals surface area contributed by atoms with Crippen LogP contribution in [0.25, 0.3) is 0 Å². The van der Waals surface area contributed by atoms with E-state index >= 15 is 0 Å². The minimum Gasteiger partial charge on any atom is -0.489 e. The highest BCUT2D eigenvalue weighted by Gasteiger charge is 2.07. The van der Waals surface area contributed by atoms with E-state index in [0.29, 0.717) is 25.6 Å². The van der Waals surface area contributed by atoms with E-state index in [1.54, 1.807) is 0 Å². The third-order valence-electron chi connectivity index (χ3n) is 3.04. The van der Waals surface area contributed by atoms with Crippen molar-refractivity contribution in [2.24, 2.45) is 4.99 Å². The molecule has 0 aliphatic heterocycles. The number of aryl methyl sites for hydroxylation is 1. The zero-order valence-electron chi connectivity index (χ0n) is 14.3. The topological polar surface area (TPSA) is 79.8 Å². The monoisotopic (exact) mass is 341 g/mol. The number of hydrogen-bond donors (Lipinski definition) is 2. The Kier molecular flexibility index (Phi) is 7.88. The molecule has 1 aromatic carbocycles. The predicted molar refractivity (Wildman–Crippen MR) is 95.0 cm³/mol. The van der Waals surface area contributed by atoms with Gasteiger partial charge < -0.3 is 15.4 Å². The van der Waals surface area contributed by atoms with Crippen LogP contribution in [-0.2, 0) is 9.84 Å². The maximum Gasteiger partial charge on any atom is 0.191 e. The fraction of sp³-hybridized carbons (Fsp3) is 0.562. The number of guanidine groups is 1. The molecule has 0 bridgehead atoms. The van der Waals surface area contributed by atoms with E-state index < -0.39 is 9.84 Å². The minimum absolute atomic E-state index is 0.0761. The quantitative estimate of drug-likeness (QED) is 0.551. The van der Waals surface area contributed by atoms with E-state index in [2.05, 4.69) is 15.6 Å². The van der Waals surface area contributed by atoms with Gasteiger partial charge in [0.25, 0.3) is 0 Å². The van der Waals surface area contributed by atoms with Crippen LogP contribution in [0.15, 0.2) is 29.3 Å². The fourth-order valence-electron chi connectivity index (χ4n) is 1.86. The second-order valence-corrected chi connectivity index (χ2v) is 7.73. The summed E-state index contributed by atoms with van der Waals surface area (Å²) in [4.78, 5) is 4.43. The molecule has 130 valence electrons. The molecule has 0 amide bonds. The summed E-state index contributed by atoms with van der Waals surface area (Å²) in [5.74, 6) is 1.52. The summed E-state index contributed by atoms with van der Waals surface area (Å²) in [5, 5.41) is 6.10. The fourth-order valence-corrected chi connectivity index (χ4v) is 2.33. The number of nitrogens with zero attached hydrogens (tertiary/aromatic N) is 1. The lowest BCUT2D eigenvalue weighted by Gasteiger charge is -2.16. The van der Waals surface area contributed by atoms with Crippen molar-refractivity contribution in [1.29, 1.82) is 0 Å². The number of hydrogen-bond acceptors (Lipinski definition) is 4. The van der Waals surface area contributed by atoms with Crippen LogP contribution in [-0.4, -0.2) is 52.1 Å². The van der Waals surface area contributed by atoms with Gasteiger partial charge in [0.2, 0.25) is 0 Å². The van der Waals surface area contributed by atoms with Gasteiger partial charge in [0.05, 0.1) is 12.3 Å². The van der Waals surface area contributed by atoms with E-state index in [9.17, 15) is 8.42 Å². The SMILES string of the molecule is CCNC(=NCC(C)Oc1ccccc1C)NCCS(C)(=O)=O. The van der Waals surface area contributed by atoms with Gasteiger partial charge in [-0.3, -0.25) is 0 Å². The molecular formula is C16H27N3O3S. The molecule has 1 atom stereocenters. The van der Waals surface area contributed by atoms with Gasteiger partial charge in [0.15, 0.2) is 5.96 Å². The average Bonchev–Trinajstić information content (AvgIpc) is 2.46. The van der Waals surface area contributed by atoms with Crippen LogP contribution >= 0.6 is 0 Å². The molecule has 0 aliphatic rings. The lowest BCUT2D eigenvalue weighted by molar-refractivity contribution is 0.228. The molecule has 1 rings (SSSR count). The second-order valence-electron chi connectivity index (χ2n) is 5.47. The molecule has 0 saturated heterocycles. The predicted octanol–water partition coefficient (Wildman–Crippen LogP) is 1.36. The molecule has 1 unspecified atom stereocenters. The molecule has 23 heavy (non-hydrogen) atoms. The number of ether oxygens (including phenoxy) is 1. The van der Waals surface area contributed by atoms with Crippen LogP contribution in [0.1, 0.15) is 19.4 Å². The van der Waals surface area contributed by atoms with Crippen molar-refractivity contribution in [3.05, 3.63) is 29.8 Å². The molecule has 7 heteroatoms. The molecule has 0 heterocycles. The molecule has 1 aromatic rings. The number of benzene rings is 1. The third-order valence-corrected chi connectivity index (χ3v) is 3.98. The van der Waals surface area contributed by atoms with Crippen LogP contribution in [0.5, 0.6) is 5.75 Å². The number of para-hydroxylation sites is 1. The van der Waals surface area contributed by atoms with Gasteiger partial charge in [-0.05, 0) is 32.4 Å².